The Morgan fingerprint density at radius 2 is 2.32 bits per heavy atom. The average molecular weight is 279 g/mol. The smallest absolute Gasteiger partial charge is 0.137 e. The fourth-order valence-corrected chi connectivity index (χ4v) is 1.95. The molecule has 0 aliphatic carbocycles. The summed E-state index contributed by atoms with van der Waals surface area (Å²) < 4.78 is 21.1. The van der Waals surface area contributed by atoms with Crippen LogP contribution < -0.4 is 10.5 Å². The number of hydrogen-bond acceptors (Lipinski definition) is 3. The maximum absolute atomic E-state index is 13.6. The van der Waals surface area contributed by atoms with E-state index in [-0.39, 0.29) is 10.6 Å². The molecule has 1 aromatic heterocycles. The van der Waals surface area contributed by atoms with E-state index in [0.717, 1.165) is 5.82 Å². The van der Waals surface area contributed by atoms with Crippen molar-refractivity contribution in [2.24, 2.45) is 12.8 Å². The summed E-state index contributed by atoms with van der Waals surface area (Å²) in [5.41, 5.74) is 5.65. The molecular formula is C13H14FN3OS. The minimum atomic E-state index is -0.470. The molecule has 100 valence electrons. The predicted molar refractivity (Wildman–Crippen MR) is 74.7 cm³/mol. The summed E-state index contributed by atoms with van der Waals surface area (Å²) >= 11 is 4.83. The van der Waals surface area contributed by atoms with Gasteiger partial charge in [0.05, 0.1) is 12.2 Å². The number of hydrogen-bond donors (Lipinski definition) is 1. The SMILES string of the molecule is Cn1ccnc1CCOc1cccc(F)c1C(N)=S. The van der Waals surface area contributed by atoms with Crippen LogP contribution in [-0.2, 0) is 13.5 Å². The second kappa shape index (κ2) is 5.79. The van der Waals surface area contributed by atoms with Crippen LogP contribution in [0, 0.1) is 5.82 Å². The molecule has 0 atom stereocenters. The third-order valence-electron chi connectivity index (χ3n) is 2.73. The van der Waals surface area contributed by atoms with Crippen molar-refractivity contribution in [2.75, 3.05) is 6.61 Å². The number of rotatable bonds is 5. The highest BCUT2D eigenvalue weighted by Gasteiger charge is 2.12. The fraction of sp³-hybridized carbons (Fsp3) is 0.231. The Morgan fingerprint density at radius 1 is 1.53 bits per heavy atom. The van der Waals surface area contributed by atoms with Crippen LogP contribution in [0.5, 0.6) is 5.75 Å². The second-order valence-corrected chi connectivity index (χ2v) is 4.47. The van der Waals surface area contributed by atoms with E-state index in [4.69, 9.17) is 22.7 Å². The minimum Gasteiger partial charge on any atom is -0.492 e. The summed E-state index contributed by atoms with van der Waals surface area (Å²) in [6, 6.07) is 4.52. The monoisotopic (exact) mass is 279 g/mol. The summed E-state index contributed by atoms with van der Waals surface area (Å²) in [6.07, 6.45) is 4.20. The van der Waals surface area contributed by atoms with Crippen molar-refractivity contribution in [2.45, 2.75) is 6.42 Å². The molecule has 4 nitrogen and oxygen atoms in total. The normalized spacial score (nSPS) is 10.4. The van der Waals surface area contributed by atoms with Gasteiger partial charge in [0, 0.05) is 25.9 Å². The molecule has 0 radical (unpaired) electrons. The molecule has 0 aliphatic rings. The van der Waals surface area contributed by atoms with Gasteiger partial charge in [-0.3, -0.25) is 0 Å². The zero-order valence-electron chi connectivity index (χ0n) is 10.5. The van der Waals surface area contributed by atoms with E-state index in [1.807, 2.05) is 17.8 Å². The number of nitrogens with zero attached hydrogens (tertiary/aromatic N) is 2. The van der Waals surface area contributed by atoms with E-state index < -0.39 is 5.82 Å². The van der Waals surface area contributed by atoms with Crippen molar-refractivity contribution < 1.29 is 9.13 Å². The summed E-state index contributed by atoms with van der Waals surface area (Å²) in [5.74, 6) is 0.789. The molecule has 0 fully saturated rings. The molecule has 2 N–H and O–H groups in total. The quantitative estimate of drug-likeness (QED) is 0.848. The van der Waals surface area contributed by atoms with Crippen LogP contribution in [0.1, 0.15) is 11.4 Å². The number of aromatic nitrogens is 2. The first-order chi connectivity index (χ1) is 9.09. The van der Waals surface area contributed by atoms with E-state index in [9.17, 15) is 4.39 Å². The van der Waals surface area contributed by atoms with E-state index in [1.54, 1.807) is 18.3 Å². The highest BCUT2D eigenvalue weighted by atomic mass is 32.1. The highest BCUT2D eigenvalue weighted by molar-refractivity contribution is 7.80. The molecule has 0 unspecified atom stereocenters. The maximum Gasteiger partial charge on any atom is 0.137 e. The van der Waals surface area contributed by atoms with Gasteiger partial charge in [-0.25, -0.2) is 9.37 Å². The number of halogens is 1. The summed E-state index contributed by atoms with van der Waals surface area (Å²) in [6.45, 7) is 0.379. The van der Waals surface area contributed by atoms with Crippen LogP contribution in [0.4, 0.5) is 4.39 Å². The molecule has 0 aliphatic heterocycles. The van der Waals surface area contributed by atoms with Crippen LogP contribution in [-0.4, -0.2) is 21.1 Å². The summed E-state index contributed by atoms with van der Waals surface area (Å²) in [7, 11) is 1.91. The van der Waals surface area contributed by atoms with E-state index in [0.29, 0.717) is 18.8 Å². The predicted octanol–water partition coefficient (Wildman–Crippen LogP) is 1.81. The zero-order chi connectivity index (χ0) is 13.8. The first-order valence-corrected chi connectivity index (χ1v) is 6.17. The van der Waals surface area contributed by atoms with Gasteiger partial charge in [0.2, 0.25) is 0 Å². The maximum atomic E-state index is 13.6. The number of imidazole rings is 1. The van der Waals surface area contributed by atoms with Gasteiger partial charge in [0.25, 0.3) is 0 Å². The first kappa shape index (κ1) is 13.5. The minimum absolute atomic E-state index is 0.00917. The zero-order valence-corrected chi connectivity index (χ0v) is 11.3. The van der Waals surface area contributed by atoms with Gasteiger partial charge in [0.15, 0.2) is 0 Å². The van der Waals surface area contributed by atoms with Crippen LogP contribution in [0.2, 0.25) is 0 Å². The Balaban J connectivity index is 2.06. The van der Waals surface area contributed by atoms with Crippen molar-refractivity contribution in [1.29, 1.82) is 0 Å². The molecule has 0 saturated carbocycles. The van der Waals surface area contributed by atoms with Crippen LogP contribution >= 0.6 is 12.2 Å². The molecule has 0 spiro atoms. The Kier molecular flexibility index (Phi) is 4.11. The van der Waals surface area contributed by atoms with E-state index in [1.165, 1.54) is 6.07 Å². The first-order valence-electron chi connectivity index (χ1n) is 5.77. The van der Waals surface area contributed by atoms with Crippen LogP contribution in [0.15, 0.2) is 30.6 Å². The summed E-state index contributed by atoms with van der Waals surface area (Å²) in [5, 5.41) is 0. The van der Waals surface area contributed by atoms with Crippen molar-refractivity contribution in [3.8, 4) is 5.75 Å². The molecule has 6 heteroatoms. The third kappa shape index (κ3) is 3.08. The Morgan fingerprint density at radius 3 is 2.95 bits per heavy atom. The highest BCUT2D eigenvalue weighted by Crippen LogP contribution is 2.21. The Hall–Kier alpha value is -1.95. The number of thiocarbonyl (C=S) groups is 1. The second-order valence-electron chi connectivity index (χ2n) is 4.03. The van der Waals surface area contributed by atoms with Crippen molar-refractivity contribution in [3.05, 3.63) is 47.8 Å². The molecule has 0 amide bonds. The van der Waals surface area contributed by atoms with Gasteiger partial charge < -0.3 is 15.0 Å². The average Bonchev–Trinajstić information content (AvgIpc) is 2.75. The number of aryl methyl sites for hydroxylation is 1. The van der Waals surface area contributed by atoms with Gasteiger partial charge in [0.1, 0.15) is 22.4 Å². The van der Waals surface area contributed by atoms with Gasteiger partial charge in [-0.15, -0.1) is 0 Å². The molecule has 2 aromatic rings. The molecule has 1 heterocycles. The number of ether oxygens (including phenoxy) is 1. The lowest BCUT2D eigenvalue weighted by molar-refractivity contribution is 0.315. The van der Waals surface area contributed by atoms with Gasteiger partial charge in [-0.05, 0) is 12.1 Å². The lowest BCUT2D eigenvalue weighted by Gasteiger charge is -2.11. The number of nitrogens with two attached hydrogens (primary N) is 1. The largest absolute Gasteiger partial charge is 0.492 e. The molecule has 0 bridgehead atoms. The fourth-order valence-electron chi connectivity index (χ4n) is 1.75. The van der Waals surface area contributed by atoms with Gasteiger partial charge >= 0.3 is 0 Å². The molecule has 19 heavy (non-hydrogen) atoms. The topological polar surface area (TPSA) is 53.1 Å². The number of benzene rings is 1. The Bertz CT molecular complexity index is 597. The van der Waals surface area contributed by atoms with Crippen molar-refractivity contribution >= 4 is 17.2 Å². The van der Waals surface area contributed by atoms with Gasteiger partial charge in [-0.2, -0.15) is 0 Å². The van der Waals surface area contributed by atoms with Gasteiger partial charge in [-0.1, -0.05) is 18.3 Å². The van der Waals surface area contributed by atoms with Crippen LogP contribution in [0.25, 0.3) is 0 Å². The van der Waals surface area contributed by atoms with E-state index >= 15 is 0 Å². The van der Waals surface area contributed by atoms with Crippen molar-refractivity contribution in [1.82, 2.24) is 9.55 Å². The van der Waals surface area contributed by atoms with E-state index in [2.05, 4.69) is 4.98 Å². The Labute approximate surface area is 116 Å². The molecule has 0 saturated heterocycles. The standard InChI is InChI=1S/C13H14FN3OS/c1-17-7-6-16-11(17)5-8-18-10-4-2-3-9(14)12(10)13(15)19/h2-4,6-7H,5,8H2,1H3,(H2,15,19). The lowest BCUT2D eigenvalue weighted by atomic mass is 10.2. The van der Waals surface area contributed by atoms with Crippen LogP contribution in [0.3, 0.4) is 0 Å². The van der Waals surface area contributed by atoms with Crippen molar-refractivity contribution in [3.63, 3.8) is 0 Å². The third-order valence-corrected chi connectivity index (χ3v) is 2.93. The molecule has 1 aromatic carbocycles. The lowest BCUT2D eigenvalue weighted by Crippen LogP contribution is -2.15. The molecule has 2 rings (SSSR count). The summed E-state index contributed by atoms with van der Waals surface area (Å²) in [4.78, 5) is 4.17. The molecular weight excluding hydrogens is 265 g/mol.